The van der Waals surface area contributed by atoms with Gasteiger partial charge in [-0.25, -0.2) is 0 Å². The van der Waals surface area contributed by atoms with Gasteiger partial charge in [0.25, 0.3) is 0 Å². The van der Waals surface area contributed by atoms with Crippen molar-refractivity contribution in [3.63, 3.8) is 0 Å². The van der Waals surface area contributed by atoms with Gasteiger partial charge in [-0.3, -0.25) is 9.69 Å². The molecular formula is C26H35ClN2O3. The van der Waals surface area contributed by atoms with E-state index in [9.17, 15) is 4.79 Å². The number of anilines is 1. The Balaban J connectivity index is 1.17. The van der Waals surface area contributed by atoms with Crippen LogP contribution < -0.4 is 4.90 Å². The number of hydrogen-bond donors (Lipinski definition) is 0. The Morgan fingerprint density at radius 2 is 1.91 bits per heavy atom. The molecule has 6 heteroatoms. The molecule has 3 saturated heterocycles. The van der Waals surface area contributed by atoms with E-state index in [1.54, 1.807) is 0 Å². The van der Waals surface area contributed by atoms with Crippen molar-refractivity contribution in [2.45, 2.75) is 63.8 Å². The Morgan fingerprint density at radius 3 is 2.69 bits per heavy atom. The molecule has 5 aliphatic rings. The SMILES string of the molecule is Cc1ccc(Cl)cc1N1CCN(C[C@H]2C(=O)O[C@@]34[C@@H](CC[C@@]5(C)O[C@@H]35)[C@H](C)CC[C@@H]24)CC1. The average molecular weight is 459 g/mol. The Hall–Kier alpha value is -1.30. The summed E-state index contributed by atoms with van der Waals surface area (Å²) in [7, 11) is 0. The van der Waals surface area contributed by atoms with E-state index < -0.39 is 0 Å². The van der Waals surface area contributed by atoms with Crippen LogP contribution in [0.15, 0.2) is 18.2 Å². The van der Waals surface area contributed by atoms with Gasteiger partial charge in [0.05, 0.1) is 11.5 Å². The summed E-state index contributed by atoms with van der Waals surface area (Å²) < 4.78 is 12.7. The summed E-state index contributed by atoms with van der Waals surface area (Å²) in [5.74, 6) is 1.38. The highest BCUT2D eigenvalue weighted by Gasteiger charge is 2.77. The molecule has 1 aromatic carbocycles. The summed E-state index contributed by atoms with van der Waals surface area (Å²) in [4.78, 5) is 18.2. The van der Waals surface area contributed by atoms with Crippen LogP contribution in [0.4, 0.5) is 5.69 Å². The van der Waals surface area contributed by atoms with Crippen LogP contribution in [0.2, 0.25) is 5.02 Å². The van der Waals surface area contributed by atoms with Crippen LogP contribution in [-0.4, -0.2) is 60.9 Å². The maximum absolute atomic E-state index is 13.3. The predicted octanol–water partition coefficient (Wildman–Crippen LogP) is 4.30. The quantitative estimate of drug-likeness (QED) is 0.499. The molecule has 3 heterocycles. The lowest BCUT2D eigenvalue weighted by Crippen LogP contribution is -2.58. The van der Waals surface area contributed by atoms with Gasteiger partial charge in [-0.2, -0.15) is 0 Å². The molecule has 5 fully saturated rings. The van der Waals surface area contributed by atoms with Crippen LogP contribution >= 0.6 is 11.6 Å². The second-order valence-electron chi connectivity index (χ2n) is 11.2. The lowest BCUT2D eigenvalue weighted by Gasteiger charge is -2.50. The smallest absolute Gasteiger partial charge is 0.311 e. The summed E-state index contributed by atoms with van der Waals surface area (Å²) in [6.45, 7) is 11.4. The number of fused-ring (bicyclic) bond motifs is 1. The molecule has 5 nitrogen and oxygen atoms in total. The standard InChI is InChI=1S/C26H35ClN2O3/c1-16-5-7-21-19(23(30)31-26(21)20(16)8-9-25(3)24(26)32-25)15-28-10-12-29(13-11-28)22-14-18(27)6-4-17(22)2/h4,6,14,16,19-21,24H,5,7-13,15H2,1-3H3/t16-,19-,20+,21+,24-,25-,26-/m1/s1. The second-order valence-corrected chi connectivity index (χ2v) is 11.7. The van der Waals surface area contributed by atoms with Crippen molar-refractivity contribution in [3.8, 4) is 0 Å². The lowest BCUT2D eigenvalue weighted by atomic mass is 9.55. The van der Waals surface area contributed by atoms with Crippen LogP contribution in [0, 0.1) is 30.6 Å². The number of aryl methyl sites for hydroxylation is 1. The zero-order valence-electron chi connectivity index (χ0n) is 19.5. The van der Waals surface area contributed by atoms with Crippen LogP contribution in [-0.2, 0) is 14.3 Å². The summed E-state index contributed by atoms with van der Waals surface area (Å²) in [5, 5.41) is 0.787. The van der Waals surface area contributed by atoms with Gasteiger partial charge in [0.1, 0.15) is 11.7 Å². The van der Waals surface area contributed by atoms with Gasteiger partial charge in [0.15, 0.2) is 0 Å². The predicted molar refractivity (Wildman–Crippen MR) is 125 cm³/mol. The van der Waals surface area contributed by atoms with Crippen molar-refractivity contribution in [3.05, 3.63) is 28.8 Å². The normalized spacial score (nSPS) is 43.3. The van der Waals surface area contributed by atoms with E-state index in [0.29, 0.717) is 17.8 Å². The van der Waals surface area contributed by atoms with Gasteiger partial charge >= 0.3 is 5.97 Å². The molecule has 0 bridgehead atoms. The molecule has 3 aliphatic heterocycles. The van der Waals surface area contributed by atoms with Crippen molar-refractivity contribution in [2.75, 3.05) is 37.6 Å². The van der Waals surface area contributed by atoms with Crippen LogP contribution in [0.3, 0.4) is 0 Å². The minimum atomic E-state index is -0.369. The maximum Gasteiger partial charge on any atom is 0.311 e. The van der Waals surface area contributed by atoms with Gasteiger partial charge in [-0.15, -0.1) is 0 Å². The van der Waals surface area contributed by atoms with Crippen molar-refractivity contribution < 1.29 is 14.3 Å². The molecule has 0 radical (unpaired) electrons. The Labute approximate surface area is 196 Å². The molecule has 0 N–H and O–H groups in total. The number of carbonyl (C=O) groups is 1. The number of carbonyl (C=O) groups excluding carboxylic acids is 1. The van der Waals surface area contributed by atoms with Crippen LogP contribution in [0.25, 0.3) is 0 Å². The van der Waals surface area contributed by atoms with E-state index in [1.165, 1.54) is 17.7 Å². The van der Waals surface area contributed by atoms with Crippen molar-refractivity contribution in [1.82, 2.24) is 4.90 Å². The van der Waals surface area contributed by atoms with Gasteiger partial charge in [-0.1, -0.05) is 24.6 Å². The van der Waals surface area contributed by atoms with E-state index in [4.69, 9.17) is 21.1 Å². The Morgan fingerprint density at radius 1 is 1.12 bits per heavy atom. The topological polar surface area (TPSA) is 45.3 Å². The van der Waals surface area contributed by atoms with Crippen molar-refractivity contribution in [2.24, 2.45) is 23.7 Å². The monoisotopic (exact) mass is 458 g/mol. The number of esters is 1. The Bertz CT molecular complexity index is 932. The molecule has 0 unspecified atom stereocenters. The molecular weight excluding hydrogens is 424 g/mol. The minimum Gasteiger partial charge on any atom is -0.455 e. The number of benzene rings is 1. The van der Waals surface area contributed by atoms with E-state index in [2.05, 4.69) is 42.7 Å². The summed E-state index contributed by atoms with van der Waals surface area (Å²) in [6, 6.07) is 6.12. The molecule has 0 amide bonds. The average Bonchev–Trinajstić information content (AvgIpc) is 3.40. The first kappa shape index (κ1) is 21.2. The van der Waals surface area contributed by atoms with Crippen LogP contribution in [0.1, 0.15) is 45.1 Å². The number of rotatable bonds is 3. The molecule has 1 spiro atoms. The van der Waals surface area contributed by atoms with Gasteiger partial charge in [0, 0.05) is 55.3 Å². The molecule has 174 valence electrons. The van der Waals surface area contributed by atoms with E-state index in [0.717, 1.165) is 57.0 Å². The fourth-order valence-corrected chi connectivity index (χ4v) is 7.80. The fourth-order valence-electron chi connectivity index (χ4n) is 7.63. The third kappa shape index (κ3) is 3.07. The fraction of sp³-hybridized carbons (Fsp3) is 0.731. The lowest BCUT2D eigenvalue weighted by molar-refractivity contribution is -0.168. The third-order valence-corrected chi connectivity index (χ3v) is 9.66. The van der Waals surface area contributed by atoms with E-state index in [-0.39, 0.29) is 29.2 Å². The van der Waals surface area contributed by atoms with Crippen LogP contribution in [0.5, 0.6) is 0 Å². The maximum atomic E-state index is 13.3. The molecule has 2 saturated carbocycles. The molecule has 1 aromatic rings. The molecule has 0 aromatic heterocycles. The van der Waals surface area contributed by atoms with Gasteiger partial charge in [0.2, 0.25) is 0 Å². The highest BCUT2D eigenvalue weighted by atomic mass is 35.5. The number of nitrogens with zero attached hydrogens (tertiary/aromatic N) is 2. The van der Waals surface area contributed by atoms with Crippen molar-refractivity contribution >= 4 is 23.3 Å². The molecule has 2 aliphatic carbocycles. The zero-order chi connectivity index (χ0) is 22.3. The molecule has 7 atom stereocenters. The number of ether oxygens (including phenoxy) is 2. The number of hydrogen-bond acceptors (Lipinski definition) is 5. The summed E-state index contributed by atoms with van der Waals surface area (Å²) in [5.41, 5.74) is 2.05. The molecule has 32 heavy (non-hydrogen) atoms. The van der Waals surface area contributed by atoms with E-state index >= 15 is 0 Å². The number of epoxide rings is 1. The molecule has 6 rings (SSSR count). The Kier molecular flexibility index (Phi) is 4.88. The number of piperazine rings is 1. The van der Waals surface area contributed by atoms with Crippen molar-refractivity contribution in [1.29, 1.82) is 0 Å². The highest BCUT2D eigenvalue weighted by molar-refractivity contribution is 6.30. The summed E-state index contributed by atoms with van der Waals surface area (Å²) >= 11 is 6.25. The first-order chi connectivity index (χ1) is 15.3. The second kappa shape index (κ2) is 7.35. The van der Waals surface area contributed by atoms with Gasteiger partial charge < -0.3 is 14.4 Å². The summed E-state index contributed by atoms with van der Waals surface area (Å²) in [6.07, 6.45) is 4.63. The minimum absolute atomic E-state index is 0.0176. The largest absolute Gasteiger partial charge is 0.455 e. The first-order valence-electron chi connectivity index (χ1n) is 12.5. The van der Waals surface area contributed by atoms with E-state index in [1.807, 2.05) is 6.07 Å². The first-order valence-corrected chi connectivity index (χ1v) is 12.8. The zero-order valence-corrected chi connectivity index (χ0v) is 20.2. The number of halogens is 1. The third-order valence-electron chi connectivity index (χ3n) is 9.43. The van der Waals surface area contributed by atoms with Gasteiger partial charge in [-0.05, 0) is 63.1 Å². The highest BCUT2D eigenvalue weighted by Crippen LogP contribution is 2.66.